The van der Waals surface area contributed by atoms with E-state index in [4.69, 9.17) is 0 Å². The second kappa shape index (κ2) is 5.92. The van der Waals surface area contributed by atoms with Crippen molar-refractivity contribution in [3.8, 4) is 0 Å². The third kappa shape index (κ3) is 3.51. The van der Waals surface area contributed by atoms with Crippen LogP contribution in [-0.4, -0.2) is 23.1 Å². The molecular formula is C11H23NS. The Hall–Kier alpha value is 0.310. The molecule has 1 unspecified atom stereocenters. The van der Waals surface area contributed by atoms with Crippen molar-refractivity contribution < 1.29 is 0 Å². The first-order valence-electron chi connectivity index (χ1n) is 5.65. The lowest BCUT2D eigenvalue weighted by atomic mass is 9.85. The zero-order valence-electron chi connectivity index (χ0n) is 9.25. The Morgan fingerprint density at radius 1 is 1.31 bits per heavy atom. The quantitative estimate of drug-likeness (QED) is 0.641. The van der Waals surface area contributed by atoms with Crippen LogP contribution in [0.3, 0.4) is 0 Å². The number of nitrogens with zero attached hydrogens (tertiary/aromatic N) is 1. The summed E-state index contributed by atoms with van der Waals surface area (Å²) < 4.78 is 2.54. The van der Waals surface area contributed by atoms with Gasteiger partial charge in [0.05, 0.1) is 0 Å². The zero-order valence-corrected chi connectivity index (χ0v) is 10.1. The van der Waals surface area contributed by atoms with Gasteiger partial charge in [-0.25, -0.2) is 0 Å². The van der Waals surface area contributed by atoms with Gasteiger partial charge in [0.2, 0.25) is 0 Å². The molecule has 1 aliphatic rings. The van der Waals surface area contributed by atoms with Crippen LogP contribution in [-0.2, 0) is 0 Å². The van der Waals surface area contributed by atoms with E-state index in [0.29, 0.717) is 0 Å². The maximum Gasteiger partial charge on any atom is 0.00920 e. The van der Waals surface area contributed by atoms with E-state index in [9.17, 15) is 0 Å². The van der Waals surface area contributed by atoms with Crippen LogP contribution in [0.2, 0.25) is 0 Å². The molecule has 2 heteroatoms. The SMILES string of the molecule is CCSN1CCC(C(C)CC)CC1. The van der Waals surface area contributed by atoms with E-state index >= 15 is 0 Å². The molecule has 13 heavy (non-hydrogen) atoms. The molecule has 1 fully saturated rings. The Bertz CT molecular complexity index is 130. The van der Waals surface area contributed by atoms with Crippen molar-refractivity contribution in [1.82, 2.24) is 4.31 Å². The molecule has 0 bridgehead atoms. The van der Waals surface area contributed by atoms with Crippen LogP contribution >= 0.6 is 11.9 Å². The van der Waals surface area contributed by atoms with Gasteiger partial charge >= 0.3 is 0 Å². The highest BCUT2D eigenvalue weighted by atomic mass is 32.2. The summed E-state index contributed by atoms with van der Waals surface area (Å²) in [6, 6.07) is 0. The van der Waals surface area contributed by atoms with E-state index in [-0.39, 0.29) is 0 Å². The van der Waals surface area contributed by atoms with Gasteiger partial charge in [-0.15, -0.1) is 0 Å². The van der Waals surface area contributed by atoms with E-state index in [1.165, 1.54) is 38.1 Å². The number of hydrogen-bond donors (Lipinski definition) is 0. The van der Waals surface area contributed by atoms with Gasteiger partial charge < -0.3 is 0 Å². The van der Waals surface area contributed by atoms with Crippen LogP contribution in [0.5, 0.6) is 0 Å². The van der Waals surface area contributed by atoms with E-state index in [1.54, 1.807) is 0 Å². The molecule has 1 heterocycles. The van der Waals surface area contributed by atoms with E-state index in [2.05, 4.69) is 25.1 Å². The van der Waals surface area contributed by atoms with Gasteiger partial charge in [0, 0.05) is 18.8 Å². The first-order chi connectivity index (χ1) is 6.27. The Morgan fingerprint density at radius 2 is 1.92 bits per heavy atom. The normalized spacial score (nSPS) is 23.3. The highest BCUT2D eigenvalue weighted by molar-refractivity contribution is 7.96. The first kappa shape index (κ1) is 11.4. The highest BCUT2D eigenvalue weighted by Gasteiger charge is 2.22. The molecule has 0 aromatic rings. The molecule has 1 aliphatic heterocycles. The highest BCUT2D eigenvalue weighted by Crippen LogP contribution is 2.29. The fourth-order valence-electron chi connectivity index (χ4n) is 2.09. The van der Waals surface area contributed by atoms with Gasteiger partial charge in [0.1, 0.15) is 0 Å². The minimum absolute atomic E-state index is 0.939. The summed E-state index contributed by atoms with van der Waals surface area (Å²) in [6.07, 6.45) is 4.19. The van der Waals surface area contributed by atoms with Gasteiger partial charge in [-0.3, -0.25) is 4.31 Å². The summed E-state index contributed by atoms with van der Waals surface area (Å²) >= 11 is 2.01. The third-order valence-electron chi connectivity index (χ3n) is 3.26. The maximum atomic E-state index is 2.54. The Kier molecular flexibility index (Phi) is 5.18. The summed E-state index contributed by atoms with van der Waals surface area (Å²) in [7, 11) is 0. The van der Waals surface area contributed by atoms with Crippen LogP contribution in [0.25, 0.3) is 0 Å². The lowest BCUT2D eigenvalue weighted by molar-refractivity contribution is 0.223. The summed E-state index contributed by atoms with van der Waals surface area (Å²) in [6.45, 7) is 9.59. The second-order valence-electron chi connectivity index (χ2n) is 4.07. The molecule has 1 saturated heterocycles. The van der Waals surface area contributed by atoms with Crippen molar-refractivity contribution in [2.24, 2.45) is 11.8 Å². The largest absolute Gasteiger partial charge is 0.251 e. The van der Waals surface area contributed by atoms with E-state index in [1.807, 2.05) is 11.9 Å². The molecule has 0 aromatic carbocycles. The third-order valence-corrected chi connectivity index (χ3v) is 4.25. The Labute approximate surface area is 87.4 Å². The molecule has 0 saturated carbocycles. The first-order valence-corrected chi connectivity index (χ1v) is 6.60. The summed E-state index contributed by atoms with van der Waals surface area (Å²) in [5, 5.41) is 0. The standard InChI is InChI=1S/C11H23NS/c1-4-10(3)11-6-8-12(9-7-11)13-5-2/h10-11H,4-9H2,1-3H3. The van der Waals surface area contributed by atoms with Gasteiger partial charge in [0.25, 0.3) is 0 Å². The monoisotopic (exact) mass is 201 g/mol. The molecular weight excluding hydrogens is 178 g/mol. The van der Waals surface area contributed by atoms with Gasteiger partial charge in [-0.05, 0) is 24.7 Å². The molecule has 0 N–H and O–H groups in total. The summed E-state index contributed by atoms with van der Waals surface area (Å²) in [5.41, 5.74) is 0. The molecule has 78 valence electrons. The molecule has 0 spiro atoms. The van der Waals surface area contributed by atoms with Crippen LogP contribution in [0.15, 0.2) is 0 Å². The lowest BCUT2D eigenvalue weighted by Gasteiger charge is -2.33. The molecule has 0 amide bonds. The average molecular weight is 201 g/mol. The van der Waals surface area contributed by atoms with Gasteiger partial charge in [0.15, 0.2) is 0 Å². The van der Waals surface area contributed by atoms with E-state index in [0.717, 1.165) is 11.8 Å². The fourth-order valence-corrected chi connectivity index (χ4v) is 2.92. The minimum atomic E-state index is 0.939. The molecule has 0 aliphatic carbocycles. The van der Waals surface area contributed by atoms with Crippen LogP contribution in [0.4, 0.5) is 0 Å². The zero-order chi connectivity index (χ0) is 9.68. The minimum Gasteiger partial charge on any atom is -0.251 e. The van der Waals surface area contributed by atoms with Crippen LogP contribution in [0, 0.1) is 11.8 Å². The number of rotatable bonds is 4. The predicted octanol–water partition coefficient (Wildman–Crippen LogP) is 3.41. The van der Waals surface area contributed by atoms with Crippen LogP contribution in [0.1, 0.15) is 40.0 Å². The van der Waals surface area contributed by atoms with Crippen molar-refractivity contribution >= 4 is 11.9 Å². The molecule has 1 rings (SSSR count). The lowest BCUT2D eigenvalue weighted by Crippen LogP contribution is -2.31. The summed E-state index contributed by atoms with van der Waals surface area (Å²) in [5.74, 6) is 3.17. The van der Waals surface area contributed by atoms with Crippen molar-refractivity contribution in [3.05, 3.63) is 0 Å². The van der Waals surface area contributed by atoms with Crippen molar-refractivity contribution in [1.29, 1.82) is 0 Å². The predicted molar refractivity (Wildman–Crippen MR) is 61.9 cm³/mol. The Balaban J connectivity index is 2.22. The fraction of sp³-hybridized carbons (Fsp3) is 1.00. The van der Waals surface area contributed by atoms with Crippen molar-refractivity contribution in [2.45, 2.75) is 40.0 Å². The van der Waals surface area contributed by atoms with Crippen LogP contribution < -0.4 is 0 Å². The van der Waals surface area contributed by atoms with Gasteiger partial charge in [-0.2, -0.15) is 0 Å². The molecule has 0 radical (unpaired) electrons. The van der Waals surface area contributed by atoms with Crippen molar-refractivity contribution in [2.75, 3.05) is 18.8 Å². The average Bonchev–Trinajstić information content (AvgIpc) is 2.18. The second-order valence-corrected chi connectivity index (χ2v) is 5.42. The summed E-state index contributed by atoms with van der Waals surface area (Å²) in [4.78, 5) is 0. The van der Waals surface area contributed by atoms with E-state index < -0.39 is 0 Å². The molecule has 1 atom stereocenters. The van der Waals surface area contributed by atoms with Gasteiger partial charge in [-0.1, -0.05) is 39.1 Å². The van der Waals surface area contributed by atoms with Crippen molar-refractivity contribution in [3.63, 3.8) is 0 Å². The maximum absolute atomic E-state index is 2.54. The number of piperidine rings is 1. The number of hydrogen-bond acceptors (Lipinski definition) is 2. The molecule has 1 nitrogen and oxygen atoms in total. The Morgan fingerprint density at radius 3 is 2.38 bits per heavy atom. The topological polar surface area (TPSA) is 3.24 Å². The molecule has 0 aromatic heterocycles. The smallest absolute Gasteiger partial charge is 0.00920 e.